The molecule has 23 heavy (non-hydrogen) atoms. The van der Waals surface area contributed by atoms with Crippen LogP contribution in [0, 0.1) is 0 Å². The van der Waals surface area contributed by atoms with Crippen LogP contribution in [0.5, 0.6) is 0 Å². The van der Waals surface area contributed by atoms with E-state index in [1.807, 2.05) is 24.4 Å². The van der Waals surface area contributed by atoms with Gasteiger partial charge in [-0.05, 0) is 29.2 Å². The van der Waals surface area contributed by atoms with E-state index >= 15 is 0 Å². The number of aromatic nitrogens is 5. The summed E-state index contributed by atoms with van der Waals surface area (Å²) in [5, 5.41) is 22.9. The predicted molar refractivity (Wildman–Crippen MR) is 83.8 cm³/mol. The number of aromatic amines is 2. The molecule has 0 amide bonds. The summed E-state index contributed by atoms with van der Waals surface area (Å²) in [6.07, 6.45) is 6.17. The quantitative estimate of drug-likeness (QED) is 0.367. The normalized spacial score (nSPS) is 11.6. The molecule has 3 aromatic rings. The Balaban J connectivity index is 1.73. The Morgan fingerprint density at radius 3 is 2.74 bits per heavy atom. The fraction of sp³-hybridized carbons (Fsp3) is 0.125. The Bertz CT molecular complexity index is 806. The van der Waals surface area contributed by atoms with E-state index in [-0.39, 0.29) is 11.6 Å². The summed E-state index contributed by atoms with van der Waals surface area (Å²) in [5.74, 6) is -0.714. The Hall–Kier alpha value is -3.22. The highest BCUT2D eigenvalue weighted by Gasteiger charge is 2.13. The molecular formula is C16H15N5O2. The van der Waals surface area contributed by atoms with Crippen LogP contribution >= 0.6 is 0 Å². The van der Waals surface area contributed by atoms with E-state index in [9.17, 15) is 9.90 Å². The molecule has 0 bridgehead atoms. The van der Waals surface area contributed by atoms with Gasteiger partial charge < -0.3 is 10.1 Å². The van der Waals surface area contributed by atoms with Crippen LogP contribution in [-0.4, -0.2) is 36.5 Å². The number of allylic oxidation sites excluding steroid dienone is 1. The van der Waals surface area contributed by atoms with Crippen LogP contribution in [0.1, 0.15) is 27.3 Å². The van der Waals surface area contributed by atoms with Crippen LogP contribution in [0.25, 0.3) is 5.76 Å². The molecule has 7 heteroatoms. The molecule has 2 aromatic heterocycles. The van der Waals surface area contributed by atoms with Crippen molar-refractivity contribution in [2.75, 3.05) is 0 Å². The van der Waals surface area contributed by atoms with Gasteiger partial charge in [-0.2, -0.15) is 5.21 Å². The van der Waals surface area contributed by atoms with Crippen molar-refractivity contribution in [1.82, 2.24) is 25.6 Å². The first-order chi connectivity index (χ1) is 11.2. The number of aryl methyl sites for hydroxylation is 2. The van der Waals surface area contributed by atoms with Gasteiger partial charge in [0.05, 0.1) is 0 Å². The number of benzene rings is 1. The highest BCUT2D eigenvalue weighted by atomic mass is 16.3. The van der Waals surface area contributed by atoms with E-state index in [0.717, 1.165) is 24.5 Å². The van der Waals surface area contributed by atoms with Crippen molar-refractivity contribution in [1.29, 1.82) is 0 Å². The van der Waals surface area contributed by atoms with Crippen molar-refractivity contribution in [2.24, 2.45) is 0 Å². The molecule has 0 aliphatic heterocycles. The SMILES string of the molecule is O=C(/C=C(\O)c1c[nH]cc1CCc1ccccc1)c1nn[nH]n1. The molecule has 1 aromatic carbocycles. The first kappa shape index (κ1) is 14.7. The van der Waals surface area contributed by atoms with Gasteiger partial charge in [-0.3, -0.25) is 4.79 Å². The third-order valence-electron chi connectivity index (χ3n) is 3.47. The van der Waals surface area contributed by atoms with E-state index in [1.165, 1.54) is 5.56 Å². The monoisotopic (exact) mass is 309 g/mol. The summed E-state index contributed by atoms with van der Waals surface area (Å²) in [7, 11) is 0. The smallest absolute Gasteiger partial charge is 0.244 e. The second-order valence-corrected chi connectivity index (χ2v) is 5.01. The molecule has 7 nitrogen and oxygen atoms in total. The summed E-state index contributed by atoms with van der Waals surface area (Å²) in [4.78, 5) is 14.8. The fourth-order valence-electron chi connectivity index (χ4n) is 2.30. The maximum absolute atomic E-state index is 11.9. The van der Waals surface area contributed by atoms with Crippen molar-refractivity contribution in [2.45, 2.75) is 12.8 Å². The molecule has 0 saturated carbocycles. The zero-order chi connectivity index (χ0) is 16.1. The molecule has 116 valence electrons. The van der Waals surface area contributed by atoms with Crippen LogP contribution in [0.4, 0.5) is 0 Å². The van der Waals surface area contributed by atoms with Gasteiger partial charge in [-0.1, -0.05) is 30.3 Å². The van der Waals surface area contributed by atoms with Gasteiger partial charge in [0.25, 0.3) is 0 Å². The highest BCUT2D eigenvalue weighted by Crippen LogP contribution is 2.19. The second-order valence-electron chi connectivity index (χ2n) is 5.01. The summed E-state index contributed by atoms with van der Waals surface area (Å²) in [6, 6.07) is 10.1. The Morgan fingerprint density at radius 1 is 1.17 bits per heavy atom. The topological polar surface area (TPSA) is 108 Å². The van der Waals surface area contributed by atoms with Gasteiger partial charge >= 0.3 is 0 Å². The summed E-state index contributed by atoms with van der Waals surface area (Å²) in [5.41, 5.74) is 2.74. The van der Waals surface area contributed by atoms with E-state index in [1.54, 1.807) is 6.20 Å². The van der Waals surface area contributed by atoms with E-state index in [4.69, 9.17) is 0 Å². The number of ketones is 1. The summed E-state index contributed by atoms with van der Waals surface area (Å²) >= 11 is 0. The number of hydrogen-bond donors (Lipinski definition) is 3. The van der Waals surface area contributed by atoms with Crippen molar-refractivity contribution in [3.63, 3.8) is 0 Å². The molecule has 0 aliphatic rings. The molecule has 0 unspecified atom stereocenters. The van der Waals surface area contributed by atoms with Crippen molar-refractivity contribution in [3.8, 4) is 0 Å². The van der Waals surface area contributed by atoms with Crippen LogP contribution in [0.2, 0.25) is 0 Å². The van der Waals surface area contributed by atoms with Gasteiger partial charge in [0.1, 0.15) is 5.76 Å². The first-order valence-corrected chi connectivity index (χ1v) is 7.12. The summed E-state index contributed by atoms with van der Waals surface area (Å²) in [6.45, 7) is 0. The van der Waals surface area contributed by atoms with E-state index in [2.05, 4.69) is 37.7 Å². The van der Waals surface area contributed by atoms with Crippen molar-refractivity contribution < 1.29 is 9.90 Å². The molecule has 0 aliphatic carbocycles. The van der Waals surface area contributed by atoms with Crippen LogP contribution in [-0.2, 0) is 12.8 Å². The average molecular weight is 309 g/mol. The molecule has 2 heterocycles. The molecule has 0 spiro atoms. The Kier molecular flexibility index (Phi) is 4.28. The number of aliphatic hydroxyl groups is 1. The zero-order valence-corrected chi connectivity index (χ0v) is 12.2. The second kappa shape index (κ2) is 6.69. The number of nitrogens with one attached hydrogen (secondary N) is 2. The van der Waals surface area contributed by atoms with Gasteiger partial charge in [-0.15, -0.1) is 10.2 Å². The van der Waals surface area contributed by atoms with Gasteiger partial charge in [-0.25, -0.2) is 0 Å². The molecule has 3 rings (SSSR count). The minimum Gasteiger partial charge on any atom is -0.507 e. The molecule has 0 fully saturated rings. The number of tetrazole rings is 1. The van der Waals surface area contributed by atoms with Gasteiger partial charge in [0.15, 0.2) is 0 Å². The molecule has 0 radical (unpaired) electrons. The lowest BCUT2D eigenvalue weighted by Gasteiger charge is -2.04. The predicted octanol–water partition coefficient (Wildman–Crippen LogP) is 2.09. The lowest BCUT2D eigenvalue weighted by molar-refractivity contribution is 0.103. The third kappa shape index (κ3) is 3.52. The number of aliphatic hydroxyl groups excluding tert-OH is 1. The number of H-pyrrole nitrogens is 2. The maximum Gasteiger partial charge on any atom is 0.244 e. The van der Waals surface area contributed by atoms with Gasteiger partial charge in [0, 0.05) is 24.0 Å². The maximum atomic E-state index is 11.9. The average Bonchev–Trinajstić information content (AvgIpc) is 3.25. The number of rotatable bonds is 6. The van der Waals surface area contributed by atoms with Crippen LogP contribution < -0.4 is 0 Å². The van der Waals surface area contributed by atoms with Crippen molar-refractivity contribution in [3.05, 3.63) is 71.3 Å². The van der Waals surface area contributed by atoms with Crippen molar-refractivity contribution >= 4 is 11.5 Å². The molecule has 0 saturated heterocycles. The minimum absolute atomic E-state index is 0.0853. The highest BCUT2D eigenvalue weighted by molar-refractivity contribution is 6.05. The van der Waals surface area contributed by atoms with Crippen LogP contribution in [0.3, 0.4) is 0 Å². The standard InChI is InChI=1S/C16H15N5O2/c22-14(8-15(23)16-18-20-21-19-16)13-10-17-9-12(13)7-6-11-4-2-1-3-5-11/h1-5,8-10,17,22H,6-7H2,(H,18,19,20,21)/b14-8-. The van der Waals surface area contributed by atoms with Crippen LogP contribution in [0.15, 0.2) is 48.8 Å². The largest absolute Gasteiger partial charge is 0.507 e. The molecule has 0 atom stereocenters. The number of nitrogens with zero attached hydrogens (tertiary/aromatic N) is 3. The van der Waals surface area contributed by atoms with Gasteiger partial charge in [0.2, 0.25) is 11.6 Å². The molecule has 3 N–H and O–H groups in total. The first-order valence-electron chi connectivity index (χ1n) is 7.12. The number of carbonyl (C=O) groups is 1. The minimum atomic E-state index is -0.508. The Morgan fingerprint density at radius 2 is 2.00 bits per heavy atom. The molecular weight excluding hydrogens is 294 g/mol. The number of carbonyl (C=O) groups excluding carboxylic acids is 1. The fourth-order valence-corrected chi connectivity index (χ4v) is 2.30. The number of hydrogen-bond acceptors (Lipinski definition) is 5. The van der Waals surface area contributed by atoms with E-state index in [0.29, 0.717) is 5.56 Å². The Labute approximate surface area is 132 Å². The van der Waals surface area contributed by atoms with E-state index < -0.39 is 5.78 Å². The lowest BCUT2D eigenvalue weighted by atomic mass is 10.0. The third-order valence-corrected chi connectivity index (χ3v) is 3.47. The summed E-state index contributed by atoms with van der Waals surface area (Å²) < 4.78 is 0. The zero-order valence-electron chi connectivity index (χ0n) is 12.2. The lowest BCUT2D eigenvalue weighted by Crippen LogP contribution is -2.00.